The molecule has 0 aliphatic carbocycles. The lowest BCUT2D eigenvalue weighted by Crippen LogP contribution is -2.36. The van der Waals surface area contributed by atoms with E-state index in [1.54, 1.807) is 0 Å². The van der Waals surface area contributed by atoms with Crippen molar-refractivity contribution in [2.75, 3.05) is 37.7 Å². The van der Waals surface area contributed by atoms with E-state index in [9.17, 15) is 0 Å². The maximum absolute atomic E-state index is 5.47. The number of rotatable bonds is 3. The first-order valence-corrected chi connectivity index (χ1v) is 8.09. The van der Waals surface area contributed by atoms with Crippen LogP contribution in [0.5, 0.6) is 0 Å². The van der Waals surface area contributed by atoms with Gasteiger partial charge in [0.15, 0.2) is 0 Å². The Morgan fingerprint density at radius 1 is 1.18 bits per heavy atom. The number of hydrogen-bond donors (Lipinski definition) is 0. The van der Waals surface area contributed by atoms with Gasteiger partial charge in [-0.2, -0.15) is 0 Å². The van der Waals surface area contributed by atoms with Crippen LogP contribution in [0.4, 0.5) is 11.4 Å². The number of ether oxygens (including phenoxy) is 1. The van der Waals surface area contributed by atoms with Crippen LogP contribution >= 0.6 is 0 Å². The third-order valence-corrected chi connectivity index (χ3v) is 4.32. The zero-order chi connectivity index (χ0) is 15.6. The molecule has 1 saturated heterocycles. The molecule has 0 aromatic heterocycles. The standard InChI is InChI=1S/C18H25N3O/c1-4-20-10-9-18(2,3)17(20)19-15-7-5-6-8-16(15)21-11-13-22-14-12-21/h5-10H,4,11-14H2,1-3H3. The molecule has 22 heavy (non-hydrogen) atoms. The summed E-state index contributed by atoms with van der Waals surface area (Å²) in [7, 11) is 0. The molecule has 1 aromatic rings. The third kappa shape index (κ3) is 2.88. The summed E-state index contributed by atoms with van der Waals surface area (Å²) in [5.41, 5.74) is 2.24. The molecule has 118 valence electrons. The predicted octanol–water partition coefficient (Wildman–Crippen LogP) is 3.43. The molecule has 2 aliphatic heterocycles. The summed E-state index contributed by atoms with van der Waals surface area (Å²) < 4.78 is 5.47. The number of anilines is 1. The average Bonchev–Trinajstić information content (AvgIpc) is 2.83. The minimum absolute atomic E-state index is 0.0197. The molecule has 1 aromatic carbocycles. The number of para-hydroxylation sites is 2. The largest absolute Gasteiger partial charge is 0.378 e. The van der Waals surface area contributed by atoms with Crippen molar-refractivity contribution in [1.29, 1.82) is 0 Å². The number of benzene rings is 1. The fourth-order valence-corrected chi connectivity index (χ4v) is 3.00. The van der Waals surface area contributed by atoms with Crippen LogP contribution in [0.1, 0.15) is 20.8 Å². The highest BCUT2D eigenvalue weighted by Gasteiger charge is 2.31. The first-order chi connectivity index (χ1) is 10.6. The summed E-state index contributed by atoms with van der Waals surface area (Å²) in [6, 6.07) is 8.43. The van der Waals surface area contributed by atoms with Crippen LogP contribution < -0.4 is 4.90 Å². The van der Waals surface area contributed by atoms with Crippen LogP contribution in [-0.2, 0) is 4.74 Å². The van der Waals surface area contributed by atoms with Gasteiger partial charge in [-0.1, -0.05) is 18.2 Å². The van der Waals surface area contributed by atoms with E-state index in [2.05, 4.69) is 67.1 Å². The Morgan fingerprint density at radius 3 is 2.64 bits per heavy atom. The summed E-state index contributed by atoms with van der Waals surface area (Å²) in [5, 5.41) is 0. The van der Waals surface area contributed by atoms with Gasteiger partial charge in [-0.25, -0.2) is 4.99 Å². The first kappa shape index (κ1) is 15.1. The second-order valence-electron chi connectivity index (χ2n) is 6.35. The smallest absolute Gasteiger partial charge is 0.118 e. The summed E-state index contributed by atoms with van der Waals surface area (Å²) in [6.45, 7) is 11.0. The van der Waals surface area contributed by atoms with Crippen molar-refractivity contribution in [3.8, 4) is 0 Å². The van der Waals surface area contributed by atoms with Crippen LogP contribution in [0, 0.1) is 5.41 Å². The first-order valence-electron chi connectivity index (χ1n) is 8.09. The topological polar surface area (TPSA) is 28.1 Å². The van der Waals surface area contributed by atoms with E-state index >= 15 is 0 Å². The summed E-state index contributed by atoms with van der Waals surface area (Å²) in [4.78, 5) is 9.64. The lowest BCUT2D eigenvalue weighted by Gasteiger charge is -2.30. The van der Waals surface area contributed by atoms with Gasteiger partial charge in [0, 0.05) is 31.2 Å². The van der Waals surface area contributed by atoms with Crippen LogP contribution in [-0.4, -0.2) is 43.6 Å². The van der Waals surface area contributed by atoms with Gasteiger partial charge in [0.05, 0.1) is 24.6 Å². The van der Waals surface area contributed by atoms with E-state index in [4.69, 9.17) is 9.73 Å². The molecule has 0 atom stereocenters. The molecule has 0 unspecified atom stereocenters. The molecule has 2 heterocycles. The fraction of sp³-hybridized carbons (Fsp3) is 0.500. The Bertz CT molecular complexity index is 586. The van der Waals surface area contributed by atoms with E-state index < -0.39 is 0 Å². The van der Waals surface area contributed by atoms with Gasteiger partial charge in [0.1, 0.15) is 5.84 Å². The number of nitrogens with zero attached hydrogens (tertiary/aromatic N) is 3. The van der Waals surface area contributed by atoms with Crippen molar-refractivity contribution >= 4 is 17.2 Å². The number of hydrogen-bond acceptors (Lipinski definition) is 3. The highest BCUT2D eigenvalue weighted by atomic mass is 16.5. The Morgan fingerprint density at radius 2 is 1.91 bits per heavy atom. The van der Waals surface area contributed by atoms with Gasteiger partial charge in [-0.15, -0.1) is 0 Å². The molecule has 1 fully saturated rings. The second kappa shape index (κ2) is 6.13. The summed E-state index contributed by atoms with van der Waals surface area (Å²) >= 11 is 0. The lowest BCUT2D eigenvalue weighted by molar-refractivity contribution is 0.123. The fourth-order valence-electron chi connectivity index (χ4n) is 3.00. The van der Waals surface area contributed by atoms with Gasteiger partial charge in [-0.3, -0.25) is 0 Å². The maximum Gasteiger partial charge on any atom is 0.118 e. The molecule has 0 amide bonds. The van der Waals surface area contributed by atoms with Crippen molar-refractivity contribution in [3.63, 3.8) is 0 Å². The second-order valence-corrected chi connectivity index (χ2v) is 6.35. The SMILES string of the molecule is CCN1C=CC(C)(C)C1=Nc1ccccc1N1CCOCC1. The normalized spacial score (nSPS) is 22.6. The monoisotopic (exact) mass is 299 g/mol. The Hall–Kier alpha value is -1.81. The number of aliphatic imine (C=N–C) groups is 1. The molecule has 4 heteroatoms. The average molecular weight is 299 g/mol. The molecular formula is C18H25N3O. The lowest BCUT2D eigenvalue weighted by atomic mass is 9.94. The van der Waals surface area contributed by atoms with Crippen LogP contribution in [0.15, 0.2) is 41.5 Å². The Labute approximate surface area is 133 Å². The molecule has 3 rings (SSSR count). The van der Waals surface area contributed by atoms with Crippen molar-refractivity contribution in [1.82, 2.24) is 4.90 Å². The molecule has 0 spiro atoms. The molecule has 0 saturated carbocycles. The van der Waals surface area contributed by atoms with Crippen molar-refractivity contribution in [2.45, 2.75) is 20.8 Å². The van der Waals surface area contributed by atoms with E-state index in [0.29, 0.717) is 0 Å². The minimum atomic E-state index is -0.0197. The highest BCUT2D eigenvalue weighted by Crippen LogP contribution is 2.34. The van der Waals surface area contributed by atoms with Crippen molar-refractivity contribution in [3.05, 3.63) is 36.5 Å². The van der Waals surface area contributed by atoms with Crippen LogP contribution in [0.2, 0.25) is 0 Å². The Kier molecular flexibility index (Phi) is 4.21. The van der Waals surface area contributed by atoms with Gasteiger partial charge in [0.25, 0.3) is 0 Å². The van der Waals surface area contributed by atoms with Gasteiger partial charge in [0.2, 0.25) is 0 Å². The highest BCUT2D eigenvalue weighted by molar-refractivity contribution is 5.95. The molecule has 0 bridgehead atoms. The van der Waals surface area contributed by atoms with Crippen molar-refractivity contribution in [2.24, 2.45) is 10.4 Å². The molecular weight excluding hydrogens is 274 g/mol. The van der Waals surface area contributed by atoms with Crippen LogP contribution in [0.25, 0.3) is 0 Å². The summed E-state index contributed by atoms with van der Waals surface area (Å²) in [5.74, 6) is 1.12. The maximum atomic E-state index is 5.47. The number of amidine groups is 1. The third-order valence-electron chi connectivity index (χ3n) is 4.32. The Balaban J connectivity index is 1.96. The zero-order valence-electron chi connectivity index (χ0n) is 13.7. The summed E-state index contributed by atoms with van der Waals surface area (Å²) in [6.07, 6.45) is 4.38. The molecule has 2 aliphatic rings. The van der Waals surface area contributed by atoms with E-state index in [1.165, 1.54) is 5.69 Å². The molecule has 4 nitrogen and oxygen atoms in total. The van der Waals surface area contributed by atoms with Gasteiger partial charge < -0.3 is 14.5 Å². The van der Waals surface area contributed by atoms with E-state index in [-0.39, 0.29) is 5.41 Å². The van der Waals surface area contributed by atoms with E-state index in [1.807, 2.05) is 0 Å². The minimum Gasteiger partial charge on any atom is -0.378 e. The van der Waals surface area contributed by atoms with Gasteiger partial charge >= 0.3 is 0 Å². The quantitative estimate of drug-likeness (QED) is 0.856. The predicted molar refractivity (Wildman–Crippen MR) is 91.9 cm³/mol. The molecule has 0 radical (unpaired) electrons. The molecule has 0 N–H and O–H groups in total. The zero-order valence-corrected chi connectivity index (χ0v) is 13.7. The van der Waals surface area contributed by atoms with Crippen molar-refractivity contribution < 1.29 is 4.74 Å². The van der Waals surface area contributed by atoms with Crippen LogP contribution in [0.3, 0.4) is 0 Å². The van der Waals surface area contributed by atoms with E-state index in [0.717, 1.165) is 44.4 Å². The number of morpholine rings is 1. The van der Waals surface area contributed by atoms with Gasteiger partial charge in [-0.05, 0) is 32.9 Å².